The molecule has 0 bridgehead atoms. The molecule has 5 nitrogen and oxygen atoms in total. The fourth-order valence-electron chi connectivity index (χ4n) is 6.43. The van der Waals surface area contributed by atoms with Crippen LogP contribution in [-0.4, -0.2) is 0 Å². The van der Waals surface area contributed by atoms with E-state index in [2.05, 4.69) is 107 Å². The molecule has 0 unspecified atom stereocenters. The first-order chi connectivity index (χ1) is 20.3. The van der Waals surface area contributed by atoms with Crippen molar-refractivity contribution in [2.75, 3.05) is 4.90 Å². The number of nitrogens with zero attached hydrogens (tertiary/aromatic N) is 1. The van der Waals surface area contributed by atoms with Crippen LogP contribution in [0.3, 0.4) is 0 Å². The van der Waals surface area contributed by atoms with Crippen molar-refractivity contribution in [1.82, 2.24) is 10.6 Å². The van der Waals surface area contributed by atoms with Crippen molar-refractivity contribution in [2.45, 2.75) is 13.1 Å². The minimum atomic E-state index is 0.746. The van der Waals surface area contributed by atoms with Crippen molar-refractivity contribution >= 4 is 72.7 Å². The van der Waals surface area contributed by atoms with Crippen LogP contribution < -0.4 is 15.5 Å². The van der Waals surface area contributed by atoms with E-state index in [1.54, 1.807) is 0 Å². The van der Waals surface area contributed by atoms with Crippen molar-refractivity contribution in [1.29, 1.82) is 0 Å². The minimum Gasteiger partial charge on any atom is -0.456 e. The number of fused-ring (bicyclic) bond motifs is 9. The molecule has 9 rings (SSSR count). The van der Waals surface area contributed by atoms with Crippen molar-refractivity contribution in [3.05, 3.63) is 126 Å². The molecule has 2 N–H and O–H groups in total. The van der Waals surface area contributed by atoms with Gasteiger partial charge in [0.15, 0.2) is 5.58 Å². The molecule has 0 atom stereocenters. The van der Waals surface area contributed by atoms with Crippen LogP contribution in [0.15, 0.2) is 112 Å². The molecule has 2 aliphatic rings. The van der Waals surface area contributed by atoms with Crippen LogP contribution >= 0.6 is 0 Å². The first kappa shape index (κ1) is 22.4. The molecule has 0 aliphatic carbocycles. The summed E-state index contributed by atoms with van der Waals surface area (Å²) in [6.45, 7) is 1.51. The summed E-state index contributed by atoms with van der Waals surface area (Å²) < 4.78 is 12.9. The molecule has 0 fully saturated rings. The summed E-state index contributed by atoms with van der Waals surface area (Å²) in [6, 6.07) is 32.6. The summed E-state index contributed by atoms with van der Waals surface area (Å²) in [5.41, 5.74) is 7.17. The standard InChI is InChI=1S/C36H25N3O2/c1-2-5-26-22(4-1)8-9-23-10-11-24(18-29(23)26)39(25-12-13-27-30-20-37-16-14-33(30)40-35(27)19-25)32-7-3-6-28-31-21-38-17-15-34(31)41-36(28)32/h1-19,37-38H,20-21H2. The molecule has 2 aliphatic heterocycles. The van der Waals surface area contributed by atoms with Crippen molar-refractivity contribution in [2.24, 2.45) is 0 Å². The fraction of sp³-hybridized carbons (Fsp3) is 0.0556. The highest BCUT2D eigenvalue weighted by Gasteiger charge is 2.23. The maximum atomic E-state index is 6.55. The van der Waals surface area contributed by atoms with Gasteiger partial charge in [-0.3, -0.25) is 0 Å². The van der Waals surface area contributed by atoms with Crippen LogP contribution in [0.5, 0.6) is 0 Å². The summed E-state index contributed by atoms with van der Waals surface area (Å²) in [5.74, 6) is 1.82. The molecule has 0 saturated heterocycles. The first-order valence-corrected chi connectivity index (χ1v) is 13.9. The molecule has 196 valence electrons. The third-order valence-corrected chi connectivity index (χ3v) is 8.39. The van der Waals surface area contributed by atoms with Crippen LogP contribution in [0.2, 0.25) is 0 Å². The highest BCUT2D eigenvalue weighted by Crippen LogP contribution is 2.44. The Hall–Kier alpha value is -5.42. The molecule has 2 aromatic heterocycles. The topological polar surface area (TPSA) is 53.6 Å². The molecule has 5 aromatic carbocycles. The van der Waals surface area contributed by atoms with Crippen LogP contribution in [0.25, 0.3) is 55.6 Å². The second-order valence-corrected chi connectivity index (χ2v) is 10.7. The van der Waals surface area contributed by atoms with Gasteiger partial charge in [0, 0.05) is 59.1 Å². The first-order valence-electron chi connectivity index (χ1n) is 13.9. The molecular formula is C36H25N3O2. The molecule has 0 saturated carbocycles. The van der Waals surface area contributed by atoms with E-state index in [4.69, 9.17) is 8.83 Å². The van der Waals surface area contributed by atoms with Gasteiger partial charge in [0.25, 0.3) is 0 Å². The Kier molecular flexibility index (Phi) is 4.66. The lowest BCUT2D eigenvalue weighted by molar-refractivity contribution is 0.591. The molecule has 0 amide bonds. The number of hydrogen-bond acceptors (Lipinski definition) is 5. The zero-order valence-electron chi connectivity index (χ0n) is 22.1. The van der Waals surface area contributed by atoms with Gasteiger partial charge in [-0.1, -0.05) is 54.6 Å². The third kappa shape index (κ3) is 3.36. The average molecular weight is 532 g/mol. The zero-order valence-corrected chi connectivity index (χ0v) is 22.1. The lowest BCUT2D eigenvalue weighted by Crippen LogP contribution is -2.10. The van der Waals surface area contributed by atoms with E-state index in [-0.39, 0.29) is 0 Å². The van der Waals surface area contributed by atoms with Crippen molar-refractivity contribution in [3.63, 3.8) is 0 Å². The quantitative estimate of drug-likeness (QED) is 0.223. The monoisotopic (exact) mass is 531 g/mol. The summed E-state index contributed by atoms with van der Waals surface area (Å²) in [4.78, 5) is 2.30. The van der Waals surface area contributed by atoms with Gasteiger partial charge in [-0.2, -0.15) is 0 Å². The van der Waals surface area contributed by atoms with E-state index in [1.165, 1.54) is 32.7 Å². The Morgan fingerprint density at radius 3 is 2.12 bits per heavy atom. The van der Waals surface area contributed by atoms with Gasteiger partial charge in [-0.15, -0.1) is 0 Å². The molecule has 41 heavy (non-hydrogen) atoms. The van der Waals surface area contributed by atoms with Gasteiger partial charge in [0.2, 0.25) is 0 Å². The third-order valence-electron chi connectivity index (χ3n) is 8.39. The number of anilines is 3. The van der Waals surface area contributed by atoms with Crippen molar-refractivity contribution < 1.29 is 8.83 Å². The van der Waals surface area contributed by atoms with E-state index in [1.807, 2.05) is 24.6 Å². The Labute approximate surface area is 236 Å². The molecule has 7 aromatic rings. The number of para-hydroxylation sites is 1. The smallest absolute Gasteiger partial charge is 0.159 e. The van der Waals surface area contributed by atoms with E-state index < -0.39 is 0 Å². The summed E-state index contributed by atoms with van der Waals surface area (Å²) >= 11 is 0. The Morgan fingerprint density at radius 2 is 1.24 bits per heavy atom. The highest BCUT2D eigenvalue weighted by molar-refractivity contribution is 6.09. The molecule has 0 radical (unpaired) electrons. The number of hydrogen-bond donors (Lipinski definition) is 2. The van der Waals surface area contributed by atoms with Gasteiger partial charge in [0.05, 0.1) is 11.4 Å². The van der Waals surface area contributed by atoms with Gasteiger partial charge in [-0.25, -0.2) is 0 Å². The average Bonchev–Trinajstić information content (AvgIpc) is 3.60. The van der Waals surface area contributed by atoms with Crippen LogP contribution in [0.4, 0.5) is 17.1 Å². The maximum absolute atomic E-state index is 6.55. The van der Waals surface area contributed by atoms with E-state index in [9.17, 15) is 0 Å². The lowest BCUT2D eigenvalue weighted by atomic mass is 10.0. The molecule has 4 heterocycles. The lowest BCUT2D eigenvalue weighted by Gasteiger charge is -2.26. The van der Waals surface area contributed by atoms with Gasteiger partial charge in [0.1, 0.15) is 17.1 Å². The minimum absolute atomic E-state index is 0.746. The number of furan rings is 2. The SMILES string of the molecule is C1=Cc2oc3cc(N(c4ccc5ccc6ccccc6c5c4)c4cccc5c6c(oc45)C=CNC6)ccc3c2CN1. The Bertz CT molecular complexity index is 2230. The summed E-state index contributed by atoms with van der Waals surface area (Å²) in [6.07, 6.45) is 7.91. The molecule has 0 spiro atoms. The second kappa shape index (κ2) is 8.54. The molecular weight excluding hydrogens is 506 g/mol. The zero-order chi connectivity index (χ0) is 26.9. The fourth-order valence-corrected chi connectivity index (χ4v) is 6.43. The van der Waals surface area contributed by atoms with Crippen LogP contribution in [-0.2, 0) is 13.1 Å². The summed E-state index contributed by atoms with van der Waals surface area (Å²) in [5, 5.41) is 13.8. The van der Waals surface area contributed by atoms with Gasteiger partial charge in [-0.05, 0) is 64.0 Å². The maximum Gasteiger partial charge on any atom is 0.159 e. The van der Waals surface area contributed by atoms with Gasteiger partial charge < -0.3 is 24.4 Å². The van der Waals surface area contributed by atoms with Crippen molar-refractivity contribution in [3.8, 4) is 0 Å². The van der Waals surface area contributed by atoms with E-state index in [0.717, 1.165) is 63.6 Å². The second-order valence-electron chi connectivity index (χ2n) is 10.7. The normalized spacial score (nSPS) is 13.9. The van der Waals surface area contributed by atoms with E-state index >= 15 is 0 Å². The highest BCUT2D eigenvalue weighted by atomic mass is 16.3. The summed E-state index contributed by atoms with van der Waals surface area (Å²) in [7, 11) is 0. The number of nitrogens with one attached hydrogen (secondary N) is 2. The van der Waals surface area contributed by atoms with Crippen LogP contribution in [0, 0.1) is 0 Å². The predicted octanol–water partition coefficient (Wildman–Crippen LogP) is 9.10. The Morgan fingerprint density at radius 1 is 0.561 bits per heavy atom. The van der Waals surface area contributed by atoms with Crippen LogP contribution in [0.1, 0.15) is 22.6 Å². The van der Waals surface area contributed by atoms with Gasteiger partial charge >= 0.3 is 0 Å². The number of benzene rings is 5. The molecule has 5 heteroatoms. The number of rotatable bonds is 3. The predicted molar refractivity (Wildman–Crippen MR) is 167 cm³/mol. The largest absolute Gasteiger partial charge is 0.456 e. The van der Waals surface area contributed by atoms with E-state index in [0.29, 0.717) is 0 Å². The Balaban J connectivity index is 1.32.